The summed E-state index contributed by atoms with van der Waals surface area (Å²) in [5.41, 5.74) is -6.75. The molecular formula is C30H36F4N2O9S. The first kappa shape index (κ1) is 36.5. The van der Waals surface area contributed by atoms with Crippen molar-refractivity contribution in [1.82, 2.24) is 5.32 Å². The first-order valence-corrected chi connectivity index (χ1v) is 15.8. The van der Waals surface area contributed by atoms with Crippen molar-refractivity contribution in [3.63, 3.8) is 0 Å². The quantitative estimate of drug-likeness (QED) is 0.186. The molecule has 11 nitrogen and oxygen atoms in total. The van der Waals surface area contributed by atoms with Crippen LogP contribution in [0.2, 0.25) is 0 Å². The number of rotatable bonds is 14. The van der Waals surface area contributed by atoms with Crippen LogP contribution >= 0.6 is 0 Å². The van der Waals surface area contributed by atoms with Gasteiger partial charge in [-0.05, 0) is 69.7 Å². The lowest BCUT2D eigenvalue weighted by atomic mass is 9.75. The highest BCUT2D eigenvalue weighted by atomic mass is 32.2. The Balaban J connectivity index is 1.75. The Morgan fingerprint density at radius 3 is 2.35 bits per heavy atom. The van der Waals surface area contributed by atoms with Crippen LogP contribution in [0.15, 0.2) is 41.3 Å². The minimum Gasteiger partial charge on any atom is -0.496 e. The molecule has 0 unspecified atom stereocenters. The molecule has 2 aromatic rings. The van der Waals surface area contributed by atoms with E-state index < -0.39 is 61.3 Å². The SMILES string of the molecule is COCCC[C@@H](CNC(=O)c1cc(O[C@H]2CC[C@@](C)(C(=O)O)CC2)c(F)cc1OC)C(=O)Nc1cccc(S(=O)(=O)C(F)(F)F)c1. The molecule has 3 N–H and O–H groups in total. The number of ether oxygens (including phenoxy) is 3. The normalized spacial score (nSPS) is 19.2. The number of halogens is 4. The lowest BCUT2D eigenvalue weighted by Crippen LogP contribution is -2.36. The van der Waals surface area contributed by atoms with Gasteiger partial charge in [0.15, 0.2) is 11.6 Å². The van der Waals surface area contributed by atoms with E-state index >= 15 is 0 Å². The number of carboxylic acid groups (broad SMARTS) is 1. The zero-order chi connectivity index (χ0) is 34.3. The highest BCUT2D eigenvalue weighted by Gasteiger charge is 2.47. The van der Waals surface area contributed by atoms with Gasteiger partial charge in [0.2, 0.25) is 5.91 Å². The number of hydrogen-bond donors (Lipinski definition) is 3. The van der Waals surface area contributed by atoms with Crippen LogP contribution in [-0.4, -0.2) is 70.3 Å². The Morgan fingerprint density at radius 2 is 1.76 bits per heavy atom. The number of aliphatic carboxylic acids is 1. The number of amides is 2. The number of anilines is 1. The van der Waals surface area contributed by atoms with Crippen LogP contribution in [0, 0.1) is 17.2 Å². The van der Waals surface area contributed by atoms with Crippen LogP contribution in [0.4, 0.5) is 23.2 Å². The van der Waals surface area contributed by atoms with E-state index in [0.29, 0.717) is 38.2 Å². The van der Waals surface area contributed by atoms with Gasteiger partial charge in [0.1, 0.15) is 5.75 Å². The second-order valence-corrected chi connectivity index (χ2v) is 13.1. The Hall–Kier alpha value is -3.92. The Kier molecular flexibility index (Phi) is 12.0. The summed E-state index contributed by atoms with van der Waals surface area (Å²) in [5, 5.41) is 14.4. The summed E-state index contributed by atoms with van der Waals surface area (Å²) in [4.78, 5) is 36.9. The van der Waals surface area contributed by atoms with Gasteiger partial charge in [0, 0.05) is 32.0 Å². The van der Waals surface area contributed by atoms with E-state index in [1.165, 1.54) is 20.3 Å². The van der Waals surface area contributed by atoms with Crippen LogP contribution in [0.1, 0.15) is 55.8 Å². The van der Waals surface area contributed by atoms with Crippen molar-refractivity contribution in [2.75, 3.05) is 32.7 Å². The number of alkyl halides is 3. The predicted octanol–water partition coefficient (Wildman–Crippen LogP) is 4.95. The van der Waals surface area contributed by atoms with Crippen molar-refractivity contribution >= 4 is 33.3 Å². The molecule has 3 rings (SSSR count). The third-order valence-electron chi connectivity index (χ3n) is 7.84. The molecule has 1 fully saturated rings. The van der Waals surface area contributed by atoms with E-state index in [4.69, 9.17) is 14.2 Å². The topological polar surface area (TPSA) is 157 Å². The molecule has 0 bridgehead atoms. The van der Waals surface area contributed by atoms with Gasteiger partial charge in [-0.25, -0.2) is 12.8 Å². The molecule has 0 aliphatic heterocycles. The smallest absolute Gasteiger partial charge is 0.496 e. The summed E-state index contributed by atoms with van der Waals surface area (Å²) in [6.07, 6.45) is 1.43. The second-order valence-electron chi connectivity index (χ2n) is 11.2. The Labute approximate surface area is 263 Å². The van der Waals surface area contributed by atoms with Crippen molar-refractivity contribution in [3.8, 4) is 11.5 Å². The molecule has 2 aromatic carbocycles. The summed E-state index contributed by atoms with van der Waals surface area (Å²) in [7, 11) is -2.98. The summed E-state index contributed by atoms with van der Waals surface area (Å²) in [6.45, 7) is 1.64. The molecule has 0 radical (unpaired) electrons. The van der Waals surface area contributed by atoms with Crippen LogP contribution in [0.3, 0.4) is 0 Å². The van der Waals surface area contributed by atoms with Crippen molar-refractivity contribution in [1.29, 1.82) is 0 Å². The zero-order valence-corrected chi connectivity index (χ0v) is 26.2. The minimum absolute atomic E-state index is 0.105. The number of hydrogen-bond acceptors (Lipinski definition) is 8. The molecular weight excluding hydrogens is 640 g/mol. The fourth-order valence-corrected chi connectivity index (χ4v) is 5.75. The fraction of sp³-hybridized carbons (Fsp3) is 0.500. The molecule has 16 heteroatoms. The van der Waals surface area contributed by atoms with Gasteiger partial charge in [-0.3, -0.25) is 14.4 Å². The number of carbonyl (C=O) groups is 3. The Bertz CT molecular complexity index is 1520. The van der Waals surface area contributed by atoms with Crippen LogP contribution in [0.25, 0.3) is 0 Å². The number of benzene rings is 2. The van der Waals surface area contributed by atoms with E-state index in [1.807, 2.05) is 0 Å². The predicted molar refractivity (Wildman–Crippen MR) is 157 cm³/mol. The molecule has 0 spiro atoms. The first-order chi connectivity index (χ1) is 21.5. The van der Waals surface area contributed by atoms with E-state index in [0.717, 1.165) is 24.3 Å². The molecule has 2 amide bonds. The molecule has 46 heavy (non-hydrogen) atoms. The number of nitrogens with one attached hydrogen (secondary N) is 2. The number of carbonyl (C=O) groups excluding carboxylic acids is 2. The maximum atomic E-state index is 14.9. The average Bonchev–Trinajstić information content (AvgIpc) is 3.00. The maximum Gasteiger partial charge on any atom is 0.501 e. The molecule has 1 atom stereocenters. The Morgan fingerprint density at radius 1 is 1.09 bits per heavy atom. The molecule has 254 valence electrons. The third-order valence-corrected chi connectivity index (χ3v) is 9.33. The standard InChI is InChI=1S/C30H36F4N2O9S/c1-29(28(39)40)11-9-20(10-12-29)45-25-15-22(24(44-3)16-23(25)31)27(38)35-17-18(6-5-13-43-2)26(37)36-19-7-4-8-21(14-19)46(41,42)30(32,33)34/h4,7-8,14-16,18,20H,5-6,9-13,17H2,1-3H3,(H,35,38)(H,36,37)(H,39,40)/t18-,20-,29+/m0/s1. The van der Waals surface area contributed by atoms with E-state index in [2.05, 4.69) is 10.6 Å². The molecule has 1 saturated carbocycles. The average molecular weight is 677 g/mol. The lowest BCUT2D eigenvalue weighted by Gasteiger charge is -2.34. The molecule has 0 heterocycles. The molecule has 0 aromatic heterocycles. The van der Waals surface area contributed by atoms with Gasteiger partial charge < -0.3 is 30.0 Å². The highest BCUT2D eigenvalue weighted by molar-refractivity contribution is 7.92. The molecule has 1 aliphatic carbocycles. The lowest BCUT2D eigenvalue weighted by molar-refractivity contribution is -0.150. The summed E-state index contributed by atoms with van der Waals surface area (Å²) in [6, 6.07) is 5.83. The van der Waals surface area contributed by atoms with Crippen molar-refractivity contribution in [3.05, 3.63) is 47.8 Å². The first-order valence-electron chi connectivity index (χ1n) is 14.3. The van der Waals surface area contributed by atoms with Crippen molar-refractivity contribution in [2.45, 2.75) is 62.0 Å². The van der Waals surface area contributed by atoms with E-state index in [9.17, 15) is 45.5 Å². The van der Waals surface area contributed by atoms with Gasteiger partial charge in [0.05, 0.1) is 35.0 Å². The van der Waals surface area contributed by atoms with Crippen molar-refractivity contribution in [2.24, 2.45) is 11.3 Å². The second kappa shape index (κ2) is 15.1. The largest absolute Gasteiger partial charge is 0.501 e. The van der Waals surface area contributed by atoms with Gasteiger partial charge in [-0.2, -0.15) is 13.2 Å². The van der Waals surface area contributed by atoms with Crippen LogP contribution < -0.4 is 20.1 Å². The van der Waals surface area contributed by atoms with Gasteiger partial charge in [-0.15, -0.1) is 0 Å². The zero-order valence-electron chi connectivity index (χ0n) is 25.4. The highest BCUT2D eigenvalue weighted by Crippen LogP contribution is 2.38. The maximum absolute atomic E-state index is 14.9. The fourth-order valence-electron chi connectivity index (χ4n) is 4.94. The van der Waals surface area contributed by atoms with Crippen LogP contribution in [0.5, 0.6) is 11.5 Å². The van der Waals surface area contributed by atoms with E-state index in [-0.39, 0.29) is 42.3 Å². The van der Waals surface area contributed by atoms with Gasteiger partial charge in [-0.1, -0.05) is 6.07 Å². The number of carboxylic acids is 1. The third kappa shape index (κ3) is 8.87. The monoisotopic (exact) mass is 676 g/mol. The van der Waals surface area contributed by atoms with Crippen molar-refractivity contribution < 1.29 is 59.7 Å². The van der Waals surface area contributed by atoms with Gasteiger partial charge >= 0.3 is 11.5 Å². The molecule has 0 saturated heterocycles. The number of sulfone groups is 1. The van der Waals surface area contributed by atoms with E-state index in [1.54, 1.807) is 6.92 Å². The summed E-state index contributed by atoms with van der Waals surface area (Å²) < 4.78 is 93.6. The summed E-state index contributed by atoms with van der Waals surface area (Å²) >= 11 is 0. The minimum atomic E-state index is -5.65. The van der Waals surface area contributed by atoms with Gasteiger partial charge in [0.25, 0.3) is 15.7 Å². The van der Waals surface area contributed by atoms with Crippen LogP contribution in [-0.2, 0) is 24.2 Å². The molecule has 1 aliphatic rings. The summed E-state index contributed by atoms with van der Waals surface area (Å²) in [5.74, 6) is -4.46. The number of methoxy groups -OCH3 is 2.